The Hall–Kier alpha value is -6.76. The van der Waals surface area contributed by atoms with Gasteiger partial charge in [0, 0.05) is 5.41 Å². The monoisotopic (exact) mass is 696 g/mol. The molecule has 1 aliphatic carbocycles. The standard InChI is InChI=1S/C55H36/c1-55(2)49-31-37(48-30-34-15-4-6-18-40(34)41-19-7-8-20-42(41)48)28-35-26-27-36-29-38(32-50(55)53(36)52(35)49)51-44-21-9-11-23-46(44)54(47-24-12-10-22-45(47)51)43-25-13-16-33-14-3-5-17-39(33)43/h3-32H,1-2H3. The predicted molar refractivity (Wildman–Crippen MR) is 237 cm³/mol. The second-order valence-corrected chi connectivity index (χ2v) is 16.0. The van der Waals surface area contributed by atoms with Crippen LogP contribution in [-0.4, -0.2) is 0 Å². The molecule has 1 aliphatic rings. The van der Waals surface area contributed by atoms with Crippen LogP contribution in [0.4, 0.5) is 0 Å². The highest BCUT2D eigenvalue weighted by Gasteiger charge is 2.35. The van der Waals surface area contributed by atoms with E-state index in [0.29, 0.717) is 0 Å². The van der Waals surface area contributed by atoms with E-state index in [1.54, 1.807) is 0 Å². The van der Waals surface area contributed by atoms with E-state index in [1.165, 1.54) is 120 Å². The fourth-order valence-corrected chi connectivity index (χ4v) is 10.2. The third-order valence-corrected chi connectivity index (χ3v) is 12.7. The van der Waals surface area contributed by atoms with Gasteiger partial charge in [0.05, 0.1) is 0 Å². The molecule has 0 heterocycles. The highest BCUT2D eigenvalue weighted by atomic mass is 14.4. The SMILES string of the molecule is CC1(C)c2cc(-c3c4ccccc4c(-c4cccc5ccccc45)c4ccccc34)cc3ccc4cc(-c5cc6ccccc6c6ccccc56)cc1c4c23. The van der Waals surface area contributed by atoms with Crippen LogP contribution >= 0.6 is 0 Å². The summed E-state index contributed by atoms with van der Waals surface area (Å²) >= 11 is 0. The van der Waals surface area contributed by atoms with E-state index < -0.39 is 0 Å². The van der Waals surface area contributed by atoms with Crippen molar-refractivity contribution in [1.29, 1.82) is 0 Å². The fourth-order valence-electron chi connectivity index (χ4n) is 10.2. The molecule has 55 heavy (non-hydrogen) atoms. The van der Waals surface area contributed by atoms with Crippen LogP contribution in [0.1, 0.15) is 25.0 Å². The van der Waals surface area contributed by atoms with Gasteiger partial charge in [0.25, 0.3) is 0 Å². The number of benzene rings is 11. The lowest BCUT2D eigenvalue weighted by Crippen LogP contribution is -2.15. The number of rotatable bonds is 3. The van der Waals surface area contributed by atoms with Gasteiger partial charge in [-0.25, -0.2) is 0 Å². The molecule has 0 heteroatoms. The number of fused-ring (bicyclic) bond motifs is 6. The normalized spacial score (nSPS) is 13.4. The smallest absolute Gasteiger partial charge is 0.0159 e. The van der Waals surface area contributed by atoms with Crippen LogP contribution < -0.4 is 0 Å². The Bertz CT molecular complexity index is 3390. The maximum Gasteiger partial charge on any atom is 0.0159 e. The summed E-state index contributed by atoms with van der Waals surface area (Å²) in [4.78, 5) is 0. The summed E-state index contributed by atoms with van der Waals surface area (Å²) in [6.07, 6.45) is 0. The lowest BCUT2D eigenvalue weighted by Gasteiger charge is -2.24. The van der Waals surface area contributed by atoms with Crippen molar-refractivity contribution in [3.05, 3.63) is 193 Å². The van der Waals surface area contributed by atoms with Crippen LogP contribution in [0.25, 0.3) is 109 Å². The first-order chi connectivity index (χ1) is 27.0. The summed E-state index contributed by atoms with van der Waals surface area (Å²) in [5.41, 5.74) is 10.4. The van der Waals surface area contributed by atoms with Crippen molar-refractivity contribution in [2.75, 3.05) is 0 Å². The summed E-state index contributed by atoms with van der Waals surface area (Å²) in [5.74, 6) is 0. The van der Waals surface area contributed by atoms with Gasteiger partial charge in [-0.1, -0.05) is 166 Å². The van der Waals surface area contributed by atoms with Crippen molar-refractivity contribution in [2.24, 2.45) is 0 Å². The Labute approximate surface area is 319 Å². The molecule has 0 atom stereocenters. The first kappa shape index (κ1) is 30.7. The first-order valence-corrected chi connectivity index (χ1v) is 19.4. The molecule has 11 aromatic carbocycles. The quantitative estimate of drug-likeness (QED) is 0.127. The van der Waals surface area contributed by atoms with Gasteiger partial charge < -0.3 is 0 Å². The van der Waals surface area contributed by atoms with Crippen molar-refractivity contribution in [3.63, 3.8) is 0 Å². The zero-order chi connectivity index (χ0) is 36.4. The zero-order valence-corrected chi connectivity index (χ0v) is 30.8. The van der Waals surface area contributed by atoms with Gasteiger partial charge in [0.1, 0.15) is 0 Å². The minimum Gasteiger partial charge on any atom is -0.0616 e. The molecule has 0 unspecified atom stereocenters. The average molecular weight is 697 g/mol. The van der Waals surface area contributed by atoms with Crippen LogP contribution in [0, 0.1) is 0 Å². The molecule has 0 fully saturated rings. The zero-order valence-electron chi connectivity index (χ0n) is 30.8. The van der Waals surface area contributed by atoms with Crippen molar-refractivity contribution < 1.29 is 0 Å². The Morgan fingerprint density at radius 2 is 0.764 bits per heavy atom. The molecule has 0 amide bonds. The Morgan fingerprint density at radius 1 is 0.291 bits per heavy atom. The van der Waals surface area contributed by atoms with Gasteiger partial charge >= 0.3 is 0 Å². The van der Waals surface area contributed by atoms with Crippen LogP contribution in [0.5, 0.6) is 0 Å². The summed E-state index contributed by atoms with van der Waals surface area (Å²) in [6.45, 7) is 4.87. The van der Waals surface area contributed by atoms with Crippen molar-refractivity contribution in [3.8, 4) is 33.4 Å². The minimum atomic E-state index is -0.187. The van der Waals surface area contributed by atoms with E-state index in [4.69, 9.17) is 0 Å². The second-order valence-electron chi connectivity index (χ2n) is 16.0. The summed E-state index contributed by atoms with van der Waals surface area (Å²) in [5, 5.41) is 18.3. The Balaban J connectivity index is 1.11. The van der Waals surface area contributed by atoms with E-state index in [-0.39, 0.29) is 5.41 Å². The van der Waals surface area contributed by atoms with Gasteiger partial charge in [-0.05, 0) is 150 Å². The van der Waals surface area contributed by atoms with Gasteiger partial charge in [0.2, 0.25) is 0 Å². The van der Waals surface area contributed by atoms with Gasteiger partial charge in [0.15, 0.2) is 0 Å². The van der Waals surface area contributed by atoms with Crippen molar-refractivity contribution >= 4 is 75.4 Å². The van der Waals surface area contributed by atoms with Crippen LogP contribution in [-0.2, 0) is 5.41 Å². The van der Waals surface area contributed by atoms with Crippen LogP contribution in [0.3, 0.4) is 0 Å². The fraction of sp³-hybridized carbons (Fsp3) is 0.0545. The molecule has 0 nitrogen and oxygen atoms in total. The second kappa shape index (κ2) is 11.1. The van der Waals surface area contributed by atoms with Gasteiger partial charge in [-0.15, -0.1) is 0 Å². The Kier molecular flexibility index (Phi) is 6.21. The third kappa shape index (κ3) is 4.23. The topological polar surface area (TPSA) is 0 Å². The van der Waals surface area contributed by atoms with E-state index in [0.717, 1.165) is 0 Å². The molecular weight excluding hydrogens is 661 g/mol. The van der Waals surface area contributed by atoms with E-state index in [9.17, 15) is 0 Å². The molecule has 11 aromatic rings. The first-order valence-electron chi connectivity index (χ1n) is 19.4. The summed E-state index contributed by atoms with van der Waals surface area (Å²) in [6, 6.07) is 68.4. The molecule has 0 saturated heterocycles. The number of hydrogen-bond acceptors (Lipinski definition) is 0. The molecular formula is C55H36. The van der Waals surface area contributed by atoms with Crippen LogP contribution in [0.2, 0.25) is 0 Å². The maximum absolute atomic E-state index is 2.53. The highest BCUT2D eigenvalue weighted by molar-refractivity contribution is 6.25. The van der Waals surface area contributed by atoms with Gasteiger partial charge in [-0.2, -0.15) is 0 Å². The Morgan fingerprint density at radius 3 is 1.42 bits per heavy atom. The largest absolute Gasteiger partial charge is 0.0616 e. The molecule has 0 aromatic heterocycles. The summed E-state index contributed by atoms with van der Waals surface area (Å²) < 4.78 is 0. The number of hydrogen-bond donors (Lipinski definition) is 0. The molecule has 12 rings (SSSR count). The molecule has 0 saturated carbocycles. The lowest BCUT2D eigenvalue weighted by atomic mass is 9.79. The van der Waals surface area contributed by atoms with E-state index >= 15 is 0 Å². The lowest BCUT2D eigenvalue weighted by molar-refractivity contribution is 0.663. The minimum absolute atomic E-state index is 0.187. The molecule has 256 valence electrons. The molecule has 0 spiro atoms. The predicted octanol–water partition coefficient (Wildman–Crippen LogP) is 15.4. The molecule has 0 N–H and O–H groups in total. The average Bonchev–Trinajstić information content (AvgIpc) is 3.47. The van der Waals surface area contributed by atoms with E-state index in [2.05, 4.69) is 196 Å². The highest BCUT2D eigenvalue weighted by Crippen LogP contribution is 2.53. The summed E-state index contributed by atoms with van der Waals surface area (Å²) in [7, 11) is 0. The molecule has 0 radical (unpaired) electrons. The molecule has 0 bridgehead atoms. The van der Waals surface area contributed by atoms with Crippen LogP contribution in [0.15, 0.2) is 182 Å². The molecule has 0 aliphatic heterocycles. The van der Waals surface area contributed by atoms with E-state index in [1.807, 2.05) is 0 Å². The van der Waals surface area contributed by atoms with Gasteiger partial charge in [-0.3, -0.25) is 0 Å². The van der Waals surface area contributed by atoms with Crippen molar-refractivity contribution in [2.45, 2.75) is 19.3 Å². The third-order valence-electron chi connectivity index (χ3n) is 12.7. The maximum atomic E-state index is 2.53. The van der Waals surface area contributed by atoms with Crippen molar-refractivity contribution in [1.82, 2.24) is 0 Å².